The molecule has 356 valence electrons. The molecule has 2 aromatic heterocycles. The minimum atomic E-state index is -4.96. The number of hydrogen-bond donors (Lipinski definition) is 0. The van der Waals surface area contributed by atoms with E-state index in [0.717, 1.165) is 83.5 Å². The van der Waals surface area contributed by atoms with E-state index in [1.54, 1.807) is 12.1 Å². The minimum absolute atomic E-state index is 0.138. The summed E-state index contributed by atoms with van der Waals surface area (Å²) in [6.45, 7) is 38.9. The molecule has 0 saturated carbocycles. The van der Waals surface area contributed by atoms with Crippen molar-refractivity contribution < 1.29 is 26.7 Å². The van der Waals surface area contributed by atoms with Crippen molar-refractivity contribution in [2.24, 2.45) is 0 Å². The largest absolute Gasteiger partial charge is 0.573 e. The minimum Gasteiger partial charge on any atom is -0.468 e. The van der Waals surface area contributed by atoms with Crippen LogP contribution in [0.25, 0.3) is 21.9 Å². The van der Waals surface area contributed by atoms with Gasteiger partial charge in [0, 0.05) is 56.8 Å². The number of rotatable bonds is 3. The average molecular weight is 921 g/mol. The van der Waals surface area contributed by atoms with E-state index in [2.05, 4.69) is 207 Å². The van der Waals surface area contributed by atoms with E-state index in [1.165, 1.54) is 0 Å². The lowest BCUT2D eigenvalue weighted by Gasteiger charge is -2.41. The van der Waals surface area contributed by atoms with Crippen molar-refractivity contribution in [2.45, 2.75) is 163 Å². The lowest BCUT2D eigenvalue weighted by atomic mass is 9.37. The van der Waals surface area contributed by atoms with Crippen molar-refractivity contribution in [1.29, 1.82) is 0 Å². The first-order valence-corrected chi connectivity index (χ1v) is 24.1. The van der Waals surface area contributed by atoms with Crippen molar-refractivity contribution in [3.63, 3.8) is 0 Å². The topological polar surface area (TPSA) is 42.0 Å². The maximum Gasteiger partial charge on any atom is 0.573 e. The average Bonchev–Trinajstić information content (AvgIpc) is 3.76. The van der Waals surface area contributed by atoms with Crippen LogP contribution in [-0.4, -0.2) is 13.1 Å². The summed E-state index contributed by atoms with van der Waals surface area (Å²) < 4.78 is 64.4. The van der Waals surface area contributed by atoms with Gasteiger partial charge in [-0.15, -0.1) is 13.2 Å². The number of fused-ring (bicyclic) bond motifs is 8. The van der Waals surface area contributed by atoms with E-state index in [-0.39, 0.29) is 38.2 Å². The van der Waals surface area contributed by atoms with Crippen molar-refractivity contribution in [3.8, 4) is 5.75 Å². The Kier molecular flexibility index (Phi) is 10.5. The number of ether oxygens (including phenoxy) is 1. The number of nitrogens with zero attached hydrogens (tertiary/aromatic N) is 2. The van der Waals surface area contributed by atoms with Crippen LogP contribution in [0.15, 0.2) is 93.8 Å². The van der Waals surface area contributed by atoms with Gasteiger partial charge in [-0.3, -0.25) is 0 Å². The van der Waals surface area contributed by atoms with Crippen molar-refractivity contribution >= 4 is 79.6 Å². The van der Waals surface area contributed by atoms with Crippen LogP contribution < -0.4 is 31.3 Å². The molecule has 2 aliphatic rings. The third kappa shape index (κ3) is 7.99. The summed E-state index contributed by atoms with van der Waals surface area (Å²) in [5.74, 6) is -0.318. The molecule has 9 rings (SSSR count). The molecular formula is C59H68BF3N2O3. The molecule has 9 heteroatoms. The van der Waals surface area contributed by atoms with E-state index in [9.17, 15) is 13.2 Å². The Morgan fingerprint density at radius 2 is 0.765 bits per heavy atom. The molecule has 2 aliphatic heterocycles. The maximum atomic E-state index is 14.8. The summed E-state index contributed by atoms with van der Waals surface area (Å²) in [6.07, 6.45) is -4.96. The quantitative estimate of drug-likeness (QED) is 0.165. The number of furan rings is 2. The van der Waals surface area contributed by atoms with E-state index < -0.39 is 13.1 Å². The van der Waals surface area contributed by atoms with Gasteiger partial charge in [-0.2, -0.15) is 0 Å². The van der Waals surface area contributed by atoms with Gasteiger partial charge in [-0.25, -0.2) is 0 Å². The molecule has 4 heterocycles. The monoisotopic (exact) mass is 921 g/mol. The fourth-order valence-corrected chi connectivity index (χ4v) is 10.1. The Labute approximate surface area is 402 Å². The zero-order valence-corrected chi connectivity index (χ0v) is 43.4. The molecule has 0 radical (unpaired) electrons. The molecule has 0 spiro atoms. The second kappa shape index (κ2) is 15.0. The molecule has 0 atom stereocenters. The van der Waals surface area contributed by atoms with Gasteiger partial charge in [0.05, 0.1) is 11.4 Å². The molecule has 0 aliphatic carbocycles. The van der Waals surface area contributed by atoms with Crippen molar-refractivity contribution in [3.05, 3.63) is 118 Å². The van der Waals surface area contributed by atoms with Gasteiger partial charge >= 0.3 is 13.1 Å². The highest BCUT2D eigenvalue weighted by Gasteiger charge is 2.51. The van der Waals surface area contributed by atoms with Gasteiger partial charge in [0.1, 0.15) is 28.2 Å². The Hall–Kier alpha value is -5.57. The molecule has 68 heavy (non-hydrogen) atoms. The zero-order valence-electron chi connectivity index (χ0n) is 43.4. The predicted molar refractivity (Wildman–Crippen MR) is 279 cm³/mol. The van der Waals surface area contributed by atoms with Gasteiger partial charge in [-0.05, 0) is 96.6 Å². The van der Waals surface area contributed by atoms with E-state index in [4.69, 9.17) is 13.6 Å². The van der Waals surface area contributed by atoms with E-state index >= 15 is 0 Å². The molecule has 0 amide bonds. The standard InChI is InChI=1S/C59H68BF3N2O3/c1-53(2,3)33-19-23-37(24-20-33)64-44-31-39(68-59(61,62)63)32-45-46(44)60(51-47(64)40-27-35(55(7,8)9)29-42(49(40)66-51)57(13,14)15)52-48(65(45)38-25-21-34(22-26-38)54(4,5)6)41-28-36(56(10,11)12)30-43(50(41)67-52)58(16,17)18/h19-32H,1-18H3. The number of hydrogen-bond acceptors (Lipinski definition) is 5. The van der Waals surface area contributed by atoms with Crippen molar-refractivity contribution in [2.75, 3.05) is 9.80 Å². The molecule has 5 aromatic carbocycles. The van der Waals surface area contributed by atoms with Gasteiger partial charge in [-0.1, -0.05) is 161 Å². The second-order valence-electron chi connectivity index (χ2n) is 25.6. The third-order valence-corrected chi connectivity index (χ3v) is 14.0. The lowest BCUT2D eigenvalue weighted by molar-refractivity contribution is -0.274. The van der Waals surface area contributed by atoms with Crippen LogP contribution >= 0.6 is 0 Å². The number of anilines is 6. The first-order valence-electron chi connectivity index (χ1n) is 24.1. The van der Waals surface area contributed by atoms with E-state index in [1.807, 2.05) is 0 Å². The molecule has 0 saturated heterocycles. The third-order valence-electron chi connectivity index (χ3n) is 14.0. The number of benzene rings is 5. The normalized spacial score (nSPS) is 14.8. The van der Waals surface area contributed by atoms with Crippen LogP contribution in [0.2, 0.25) is 0 Å². The summed E-state index contributed by atoms with van der Waals surface area (Å²) >= 11 is 0. The summed E-state index contributed by atoms with van der Waals surface area (Å²) in [5, 5.41) is 1.77. The Bertz CT molecular complexity index is 2930. The van der Waals surface area contributed by atoms with Crippen LogP contribution in [0.3, 0.4) is 0 Å². The Morgan fingerprint density at radius 1 is 0.426 bits per heavy atom. The molecule has 0 bridgehead atoms. The molecular weight excluding hydrogens is 852 g/mol. The first kappa shape index (κ1) is 47.5. The van der Waals surface area contributed by atoms with Gasteiger partial charge in [0.15, 0.2) is 0 Å². The molecule has 5 nitrogen and oxygen atoms in total. The van der Waals surface area contributed by atoms with E-state index in [0.29, 0.717) is 22.7 Å². The Balaban J connectivity index is 1.51. The molecule has 0 N–H and O–H groups in total. The zero-order chi connectivity index (χ0) is 49.8. The molecule has 0 unspecified atom stereocenters. The first-order chi connectivity index (χ1) is 31.1. The summed E-state index contributed by atoms with van der Waals surface area (Å²) in [6, 6.07) is 28.9. The Morgan fingerprint density at radius 3 is 1.06 bits per heavy atom. The SMILES string of the molecule is CC(C)(C)c1ccc(N2c3cc(OC(F)(F)F)cc4c3B(c3oc5c(C(C)(C)C)cc(C(C)(C)C)cc5c32)c2oc3c(C(C)(C)C)cc(C(C)(C)C)cc3c2N4c2ccc(C(C)(C)C)cc2)cc1. The number of alkyl halides is 3. The fourth-order valence-electron chi connectivity index (χ4n) is 10.1. The predicted octanol–water partition coefficient (Wildman–Crippen LogP) is 15.9. The smallest absolute Gasteiger partial charge is 0.468 e. The van der Waals surface area contributed by atoms with Crippen LogP contribution in [0, 0.1) is 0 Å². The maximum absolute atomic E-state index is 14.8. The second-order valence-corrected chi connectivity index (χ2v) is 25.6. The highest BCUT2D eigenvalue weighted by atomic mass is 19.4. The lowest BCUT2D eigenvalue weighted by Crippen LogP contribution is -2.60. The fraction of sp³-hybridized carbons (Fsp3) is 0.424. The summed E-state index contributed by atoms with van der Waals surface area (Å²) in [4.78, 5) is 4.22. The van der Waals surface area contributed by atoms with Crippen LogP contribution in [0.1, 0.15) is 158 Å². The van der Waals surface area contributed by atoms with Gasteiger partial charge in [0.2, 0.25) is 0 Å². The summed E-state index contributed by atoms with van der Waals surface area (Å²) in [5.41, 5.74) is 13.0. The molecule has 7 aromatic rings. The van der Waals surface area contributed by atoms with Crippen LogP contribution in [0.5, 0.6) is 5.75 Å². The highest BCUT2D eigenvalue weighted by Crippen LogP contribution is 2.53. The van der Waals surface area contributed by atoms with Crippen LogP contribution in [0.4, 0.5) is 47.3 Å². The van der Waals surface area contributed by atoms with Gasteiger partial charge < -0.3 is 23.4 Å². The van der Waals surface area contributed by atoms with Crippen molar-refractivity contribution in [1.82, 2.24) is 0 Å². The number of halogens is 3. The molecule has 0 fully saturated rings. The van der Waals surface area contributed by atoms with Gasteiger partial charge in [0.25, 0.3) is 0 Å². The highest BCUT2D eigenvalue weighted by molar-refractivity contribution is 6.99. The summed E-state index contributed by atoms with van der Waals surface area (Å²) in [7, 11) is 0. The van der Waals surface area contributed by atoms with Crippen LogP contribution in [-0.2, 0) is 32.5 Å².